The molecule has 7 heteroatoms. The van der Waals surface area contributed by atoms with E-state index in [0.29, 0.717) is 18.8 Å². The Morgan fingerprint density at radius 1 is 1.20 bits per heavy atom. The van der Waals surface area contributed by atoms with Crippen molar-refractivity contribution in [1.29, 1.82) is 0 Å². The van der Waals surface area contributed by atoms with Gasteiger partial charge in [-0.15, -0.1) is 0 Å². The fraction of sp³-hybridized carbons (Fsp3) is 0.308. The van der Waals surface area contributed by atoms with Gasteiger partial charge in [0.15, 0.2) is 5.69 Å². The van der Waals surface area contributed by atoms with Gasteiger partial charge >= 0.3 is 6.18 Å². The third kappa shape index (κ3) is 3.75. The molecule has 1 aromatic heterocycles. The van der Waals surface area contributed by atoms with Crippen molar-refractivity contribution in [2.24, 2.45) is 0 Å². The largest absolute Gasteiger partial charge is 0.494 e. The van der Waals surface area contributed by atoms with E-state index in [1.54, 1.807) is 12.1 Å². The number of ether oxygens (including phenoxy) is 1. The molecule has 0 saturated carbocycles. The summed E-state index contributed by atoms with van der Waals surface area (Å²) in [7, 11) is 0. The SMILES string of the molecule is FC(F)(F)c1c(Br)cnn1CCCOc1ccccc1. The molecule has 0 N–H and O–H groups in total. The van der Waals surface area contributed by atoms with Crippen LogP contribution < -0.4 is 4.74 Å². The van der Waals surface area contributed by atoms with Gasteiger partial charge in [-0.25, -0.2) is 0 Å². The fourth-order valence-electron chi connectivity index (χ4n) is 1.73. The van der Waals surface area contributed by atoms with Crippen molar-refractivity contribution in [3.05, 3.63) is 46.7 Å². The van der Waals surface area contributed by atoms with Gasteiger partial charge in [0.25, 0.3) is 0 Å². The van der Waals surface area contributed by atoms with Gasteiger partial charge < -0.3 is 4.74 Å². The summed E-state index contributed by atoms with van der Waals surface area (Å²) in [6.45, 7) is 0.478. The maximum absolute atomic E-state index is 12.8. The van der Waals surface area contributed by atoms with Crippen LogP contribution in [0.1, 0.15) is 12.1 Å². The summed E-state index contributed by atoms with van der Waals surface area (Å²) in [4.78, 5) is 0. The maximum atomic E-state index is 12.8. The molecule has 0 aliphatic rings. The zero-order chi connectivity index (χ0) is 14.6. The topological polar surface area (TPSA) is 27.1 Å². The molecule has 0 bridgehead atoms. The van der Waals surface area contributed by atoms with E-state index in [0.717, 1.165) is 10.9 Å². The molecule has 0 aliphatic heterocycles. The van der Waals surface area contributed by atoms with E-state index in [-0.39, 0.29) is 11.0 Å². The Bertz CT molecular complexity index is 554. The highest BCUT2D eigenvalue weighted by atomic mass is 79.9. The lowest BCUT2D eigenvalue weighted by atomic mass is 10.3. The second-order valence-corrected chi connectivity index (χ2v) is 4.93. The predicted molar refractivity (Wildman–Crippen MR) is 71.5 cm³/mol. The second kappa shape index (κ2) is 6.30. The molecule has 20 heavy (non-hydrogen) atoms. The van der Waals surface area contributed by atoms with Crippen molar-refractivity contribution in [2.75, 3.05) is 6.61 Å². The molecule has 0 saturated heterocycles. The number of para-hydroxylation sites is 1. The van der Waals surface area contributed by atoms with Crippen LogP contribution in [0.15, 0.2) is 41.0 Å². The van der Waals surface area contributed by atoms with Crippen LogP contribution in [-0.4, -0.2) is 16.4 Å². The zero-order valence-corrected chi connectivity index (χ0v) is 12.0. The van der Waals surface area contributed by atoms with Crippen molar-refractivity contribution < 1.29 is 17.9 Å². The average Bonchev–Trinajstić information content (AvgIpc) is 2.77. The molecule has 2 aromatic rings. The lowest BCUT2D eigenvalue weighted by Gasteiger charge is -2.11. The quantitative estimate of drug-likeness (QED) is 0.759. The number of alkyl halides is 3. The van der Waals surface area contributed by atoms with E-state index >= 15 is 0 Å². The van der Waals surface area contributed by atoms with E-state index in [1.807, 2.05) is 18.2 Å². The molecule has 0 amide bonds. The molecule has 3 nitrogen and oxygen atoms in total. The first-order valence-corrected chi connectivity index (χ1v) is 6.74. The van der Waals surface area contributed by atoms with Gasteiger partial charge in [0, 0.05) is 13.0 Å². The first kappa shape index (κ1) is 14.9. The molecular formula is C13H12BrF3N2O. The molecule has 0 aliphatic carbocycles. The van der Waals surface area contributed by atoms with Gasteiger partial charge in [-0.3, -0.25) is 4.68 Å². The number of hydrogen-bond acceptors (Lipinski definition) is 2. The van der Waals surface area contributed by atoms with Crippen LogP contribution in [0, 0.1) is 0 Å². The third-order valence-corrected chi connectivity index (χ3v) is 3.17. The summed E-state index contributed by atoms with van der Waals surface area (Å²) >= 11 is 2.86. The molecule has 2 rings (SSSR count). The smallest absolute Gasteiger partial charge is 0.434 e. The standard InChI is InChI=1S/C13H12BrF3N2O/c14-11-9-18-19(12(11)13(15,16)17)7-4-8-20-10-5-2-1-3-6-10/h1-3,5-6,9H,4,7-8H2. The molecule has 0 unspecified atom stereocenters. The van der Waals surface area contributed by atoms with Crippen LogP contribution in [-0.2, 0) is 12.7 Å². The van der Waals surface area contributed by atoms with Crippen LogP contribution in [0.5, 0.6) is 5.75 Å². The molecule has 1 heterocycles. The van der Waals surface area contributed by atoms with Crippen molar-refractivity contribution in [2.45, 2.75) is 19.1 Å². The highest BCUT2D eigenvalue weighted by Crippen LogP contribution is 2.34. The average molecular weight is 349 g/mol. The van der Waals surface area contributed by atoms with E-state index in [4.69, 9.17) is 4.74 Å². The Balaban J connectivity index is 1.89. The number of nitrogens with zero attached hydrogens (tertiary/aromatic N) is 2. The number of aryl methyl sites for hydroxylation is 1. The van der Waals surface area contributed by atoms with Crippen LogP contribution in [0.2, 0.25) is 0 Å². The van der Waals surface area contributed by atoms with Crippen molar-refractivity contribution >= 4 is 15.9 Å². The summed E-state index contributed by atoms with van der Waals surface area (Å²) < 4.78 is 44.7. The third-order valence-electron chi connectivity index (χ3n) is 2.59. The number of hydrogen-bond donors (Lipinski definition) is 0. The normalized spacial score (nSPS) is 11.6. The Morgan fingerprint density at radius 3 is 2.55 bits per heavy atom. The first-order valence-electron chi connectivity index (χ1n) is 5.95. The molecule has 0 fully saturated rings. The Kier molecular flexibility index (Phi) is 4.69. The molecule has 0 radical (unpaired) electrons. The number of rotatable bonds is 5. The maximum Gasteiger partial charge on any atom is 0.434 e. The van der Waals surface area contributed by atoms with Crippen LogP contribution in [0.4, 0.5) is 13.2 Å². The number of aromatic nitrogens is 2. The van der Waals surface area contributed by atoms with Gasteiger partial charge in [0.2, 0.25) is 0 Å². The van der Waals surface area contributed by atoms with E-state index in [9.17, 15) is 13.2 Å². The van der Waals surface area contributed by atoms with Gasteiger partial charge in [0.1, 0.15) is 5.75 Å². The van der Waals surface area contributed by atoms with Gasteiger partial charge in [-0.05, 0) is 28.1 Å². The molecular weight excluding hydrogens is 337 g/mol. The Labute approximate surface area is 122 Å². The van der Waals surface area contributed by atoms with E-state index < -0.39 is 11.9 Å². The lowest BCUT2D eigenvalue weighted by molar-refractivity contribution is -0.144. The highest BCUT2D eigenvalue weighted by molar-refractivity contribution is 9.10. The minimum Gasteiger partial charge on any atom is -0.494 e. The van der Waals surface area contributed by atoms with Crippen LogP contribution >= 0.6 is 15.9 Å². The number of benzene rings is 1. The summed E-state index contributed by atoms with van der Waals surface area (Å²) in [6.07, 6.45) is -2.83. The van der Waals surface area contributed by atoms with E-state index in [2.05, 4.69) is 21.0 Å². The minimum atomic E-state index is -4.42. The fourth-order valence-corrected chi connectivity index (χ4v) is 2.26. The Hall–Kier alpha value is -1.50. The summed E-state index contributed by atoms with van der Waals surface area (Å²) in [5.41, 5.74) is -0.766. The van der Waals surface area contributed by atoms with Gasteiger partial charge in [-0.2, -0.15) is 18.3 Å². The van der Waals surface area contributed by atoms with Gasteiger partial charge in [0.05, 0.1) is 17.3 Å². The molecule has 0 spiro atoms. The van der Waals surface area contributed by atoms with Gasteiger partial charge in [-0.1, -0.05) is 18.2 Å². The predicted octanol–water partition coefficient (Wildman–Crippen LogP) is 4.13. The Morgan fingerprint density at radius 2 is 1.90 bits per heavy atom. The minimum absolute atomic E-state index is 0.0472. The summed E-state index contributed by atoms with van der Waals surface area (Å²) in [6, 6.07) is 9.13. The summed E-state index contributed by atoms with van der Waals surface area (Å²) in [5.74, 6) is 0.699. The summed E-state index contributed by atoms with van der Waals surface area (Å²) in [5, 5.41) is 3.72. The highest BCUT2D eigenvalue weighted by Gasteiger charge is 2.37. The van der Waals surface area contributed by atoms with Crippen molar-refractivity contribution in [1.82, 2.24) is 9.78 Å². The van der Waals surface area contributed by atoms with Crippen LogP contribution in [0.3, 0.4) is 0 Å². The monoisotopic (exact) mass is 348 g/mol. The van der Waals surface area contributed by atoms with E-state index in [1.165, 1.54) is 0 Å². The van der Waals surface area contributed by atoms with Crippen molar-refractivity contribution in [3.8, 4) is 5.75 Å². The molecule has 108 valence electrons. The first-order chi connectivity index (χ1) is 9.48. The second-order valence-electron chi connectivity index (χ2n) is 4.08. The lowest BCUT2D eigenvalue weighted by Crippen LogP contribution is -2.16. The zero-order valence-electron chi connectivity index (χ0n) is 10.4. The van der Waals surface area contributed by atoms with Crippen LogP contribution in [0.25, 0.3) is 0 Å². The molecule has 0 atom stereocenters. The number of halogens is 4. The van der Waals surface area contributed by atoms with Crippen molar-refractivity contribution in [3.63, 3.8) is 0 Å². The molecule has 1 aromatic carbocycles.